The molecule has 16 heavy (non-hydrogen) atoms. The van der Waals surface area contributed by atoms with Crippen molar-refractivity contribution in [1.29, 1.82) is 0 Å². The molecule has 94 valence electrons. The van der Waals surface area contributed by atoms with E-state index in [-0.39, 0.29) is 11.6 Å². The molecule has 1 heterocycles. The third-order valence-electron chi connectivity index (χ3n) is 3.40. The molecule has 0 radical (unpaired) electrons. The summed E-state index contributed by atoms with van der Waals surface area (Å²) in [6.45, 7) is 0. The van der Waals surface area contributed by atoms with Gasteiger partial charge in [-0.15, -0.1) is 0 Å². The van der Waals surface area contributed by atoms with Crippen molar-refractivity contribution in [2.45, 2.75) is 37.2 Å². The Morgan fingerprint density at radius 2 is 1.88 bits per heavy atom. The first kappa shape index (κ1) is 12.7. The second kappa shape index (κ2) is 4.20. The molecule has 8 heteroatoms. The zero-order valence-corrected chi connectivity index (χ0v) is 10.8. The van der Waals surface area contributed by atoms with E-state index in [2.05, 4.69) is 4.52 Å². The molecular weight excluding hydrogens is 254 g/mol. The Kier molecular flexibility index (Phi) is 3.35. The molecule has 3 atom stereocenters. The molecule has 0 aromatic carbocycles. The fourth-order valence-electron chi connectivity index (χ4n) is 2.34. The van der Waals surface area contributed by atoms with Gasteiger partial charge >= 0.3 is 15.2 Å². The van der Waals surface area contributed by atoms with Gasteiger partial charge in [0.1, 0.15) is 0 Å². The molecule has 2 rings (SSSR count). The summed E-state index contributed by atoms with van der Waals surface area (Å²) in [6.07, 6.45) is 2.39. The zero-order chi connectivity index (χ0) is 12.0. The van der Waals surface area contributed by atoms with E-state index in [0.29, 0.717) is 25.7 Å². The predicted octanol–water partition coefficient (Wildman–Crippen LogP) is 1.92. The van der Waals surface area contributed by atoms with Crippen LogP contribution in [0.2, 0.25) is 0 Å². The van der Waals surface area contributed by atoms with Gasteiger partial charge < -0.3 is 14.3 Å². The van der Waals surface area contributed by atoms with E-state index < -0.39 is 21.0 Å². The maximum Gasteiger partial charge on any atom is 0.358 e. The molecule has 0 aromatic rings. The molecule has 0 bridgehead atoms. The molecule has 0 spiro atoms. The van der Waals surface area contributed by atoms with Gasteiger partial charge in [-0.1, -0.05) is 0 Å². The minimum Gasteiger partial charge on any atom is -0.324 e. The summed E-state index contributed by atoms with van der Waals surface area (Å²) in [5.74, 6) is -0.488. The maximum atomic E-state index is 11.6. The average molecular weight is 270 g/mol. The van der Waals surface area contributed by atoms with E-state index in [1.807, 2.05) is 0 Å². The molecule has 1 saturated carbocycles. The number of hydrogen-bond donors (Lipinski definition) is 2. The van der Waals surface area contributed by atoms with Crippen molar-refractivity contribution in [1.82, 2.24) is 0 Å². The van der Waals surface area contributed by atoms with Crippen LogP contribution in [0.15, 0.2) is 0 Å². The van der Waals surface area contributed by atoms with Crippen molar-refractivity contribution < 1.29 is 28.0 Å². The quantitative estimate of drug-likeness (QED) is 0.600. The summed E-state index contributed by atoms with van der Waals surface area (Å²) < 4.78 is 32.0. The smallest absolute Gasteiger partial charge is 0.324 e. The van der Waals surface area contributed by atoms with Crippen LogP contribution in [-0.2, 0) is 18.2 Å². The monoisotopic (exact) mass is 270 g/mol. The van der Waals surface area contributed by atoms with Gasteiger partial charge in [0.2, 0.25) is 0 Å². The Bertz CT molecular complexity index is 362. The largest absolute Gasteiger partial charge is 0.358 e. The molecule has 1 aliphatic carbocycles. The van der Waals surface area contributed by atoms with E-state index >= 15 is 0 Å². The van der Waals surface area contributed by atoms with Crippen LogP contribution in [0.4, 0.5) is 0 Å². The van der Waals surface area contributed by atoms with Crippen molar-refractivity contribution in [3.63, 3.8) is 0 Å². The van der Waals surface area contributed by atoms with Crippen LogP contribution in [0.5, 0.6) is 0 Å². The predicted molar refractivity (Wildman–Crippen MR) is 57.3 cm³/mol. The summed E-state index contributed by atoms with van der Waals surface area (Å²) >= 11 is 0. The Labute approximate surface area is 94.0 Å². The van der Waals surface area contributed by atoms with Crippen molar-refractivity contribution in [3.05, 3.63) is 0 Å². The third-order valence-corrected chi connectivity index (χ3v) is 6.86. The van der Waals surface area contributed by atoms with Crippen LogP contribution >= 0.6 is 15.2 Å². The first-order valence-corrected chi connectivity index (χ1v) is 8.55. The lowest BCUT2D eigenvalue weighted by atomic mass is 9.89. The molecule has 3 unspecified atom stereocenters. The second-order valence-corrected chi connectivity index (χ2v) is 8.45. The first-order valence-electron chi connectivity index (χ1n) is 5.26. The highest BCUT2D eigenvalue weighted by atomic mass is 31.2. The van der Waals surface area contributed by atoms with Crippen LogP contribution in [0.1, 0.15) is 25.7 Å². The first-order chi connectivity index (χ1) is 7.37. The van der Waals surface area contributed by atoms with E-state index in [9.17, 15) is 14.0 Å². The minimum atomic E-state index is -3.49. The van der Waals surface area contributed by atoms with Gasteiger partial charge in [0.05, 0.1) is 5.66 Å². The Hall–Kier alpha value is 0.300. The molecule has 6 nitrogen and oxygen atoms in total. The normalized spacial score (nSPS) is 47.3. The van der Waals surface area contributed by atoms with E-state index in [1.54, 1.807) is 0 Å². The second-order valence-electron chi connectivity index (χ2n) is 4.38. The Balaban J connectivity index is 1.88. The fourth-order valence-corrected chi connectivity index (χ4v) is 5.09. The summed E-state index contributed by atoms with van der Waals surface area (Å²) in [4.78, 5) is 18.6. The molecule has 2 aliphatic rings. The SMILES string of the molecule is COP(=O)(O)C1CCC(C2OP2(=O)O)CC1. The third kappa shape index (κ3) is 2.42. The molecule has 1 saturated heterocycles. The van der Waals surface area contributed by atoms with Crippen molar-refractivity contribution in [3.8, 4) is 0 Å². The Morgan fingerprint density at radius 3 is 2.25 bits per heavy atom. The molecule has 2 N–H and O–H groups in total. The van der Waals surface area contributed by atoms with Gasteiger partial charge in [0.15, 0.2) is 5.85 Å². The van der Waals surface area contributed by atoms with Crippen molar-refractivity contribution in [2.75, 3.05) is 7.11 Å². The lowest BCUT2D eigenvalue weighted by molar-refractivity contribution is 0.244. The van der Waals surface area contributed by atoms with Crippen LogP contribution in [0.25, 0.3) is 0 Å². The average Bonchev–Trinajstić information content (AvgIpc) is 2.88. The molecular formula is C8H16O6P2. The highest BCUT2D eigenvalue weighted by molar-refractivity contribution is 7.59. The summed E-state index contributed by atoms with van der Waals surface area (Å²) in [5.41, 5.74) is -0.342. The molecule has 2 fully saturated rings. The summed E-state index contributed by atoms with van der Waals surface area (Å²) in [6, 6.07) is 0. The van der Waals surface area contributed by atoms with Crippen molar-refractivity contribution in [2.24, 2.45) is 5.92 Å². The minimum absolute atomic E-state index is 0.0453. The highest BCUT2D eigenvalue weighted by Gasteiger charge is 2.57. The summed E-state index contributed by atoms with van der Waals surface area (Å²) in [5, 5.41) is 0. The van der Waals surface area contributed by atoms with Gasteiger partial charge in [0.25, 0.3) is 0 Å². The highest BCUT2D eigenvalue weighted by Crippen LogP contribution is 2.70. The van der Waals surface area contributed by atoms with Gasteiger partial charge in [-0.3, -0.25) is 13.7 Å². The molecule has 0 aromatic heterocycles. The van der Waals surface area contributed by atoms with Gasteiger partial charge in [-0.2, -0.15) is 0 Å². The zero-order valence-electron chi connectivity index (χ0n) is 8.98. The summed E-state index contributed by atoms with van der Waals surface area (Å²) in [7, 11) is -5.55. The van der Waals surface area contributed by atoms with Crippen molar-refractivity contribution >= 4 is 15.2 Å². The lowest BCUT2D eigenvalue weighted by Gasteiger charge is -2.28. The van der Waals surface area contributed by atoms with Gasteiger partial charge in [-0.05, 0) is 31.6 Å². The van der Waals surface area contributed by atoms with E-state index in [0.717, 1.165) is 0 Å². The maximum absolute atomic E-state index is 11.6. The van der Waals surface area contributed by atoms with Crippen LogP contribution < -0.4 is 0 Å². The van der Waals surface area contributed by atoms with E-state index in [1.165, 1.54) is 7.11 Å². The topological polar surface area (TPSA) is 96.4 Å². The van der Waals surface area contributed by atoms with Crippen LogP contribution in [0, 0.1) is 5.92 Å². The number of rotatable bonds is 3. The molecule has 1 aliphatic heterocycles. The fraction of sp³-hybridized carbons (Fsp3) is 1.00. The standard InChI is InChI=1S/C8H16O6P2/c1-13-15(9,10)7-4-2-6(3-5-7)8-14-16(8,11)12/h6-8H,2-5H2,1H3,(H,9,10)(H,11,12). The molecule has 0 amide bonds. The Morgan fingerprint density at radius 1 is 1.38 bits per heavy atom. The van der Waals surface area contributed by atoms with Gasteiger partial charge in [-0.25, -0.2) is 0 Å². The number of hydrogen-bond acceptors (Lipinski definition) is 4. The van der Waals surface area contributed by atoms with Crippen LogP contribution in [-0.4, -0.2) is 28.4 Å². The van der Waals surface area contributed by atoms with Gasteiger partial charge in [0, 0.05) is 7.11 Å². The van der Waals surface area contributed by atoms with Crippen LogP contribution in [0.3, 0.4) is 0 Å². The lowest BCUT2D eigenvalue weighted by Crippen LogP contribution is -2.22. The van der Waals surface area contributed by atoms with E-state index in [4.69, 9.17) is 9.42 Å².